The van der Waals surface area contributed by atoms with Crippen LogP contribution in [0.3, 0.4) is 0 Å². The van der Waals surface area contributed by atoms with Crippen LogP contribution in [0.2, 0.25) is 0 Å². The molecule has 2 rings (SSSR count). The van der Waals surface area contributed by atoms with Gasteiger partial charge in [-0.25, -0.2) is 4.39 Å². The number of amides is 1. The minimum absolute atomic E-state index is 0.0461. The molecular weight excluding hydrogens is 302 g/mol. The van der Waals surface area contributed by atoms with Gasteiger partial charge in [0.25, 0.3) is 0 Å². The van der Waals surface area contributed by atoms with Crippen molar-refractivity contribution in [2.24, 2.45) is 0 Å². The molecule has 1 amide bonds. The first kappa shape index (κ1) is 16.2. The average Bonchev–Trinajstić information content (AvgIpc) is 2.41. The van der Waals surface area contributed by atoms with E-state index < -0.39 is 24.4 Å². The first-order chi connectivity index (χ1) is 10.3. The average molecular weight is 315 g/mol. The SMILES string of the molecule is N#Cc1ccc(F)cc1CN1CCN(CC(F)(F)F)C(=O)C1. The summed E-state index contributed by atoms with van der Waals surface area (Å²) in [5.41, 5.74) is 0.700. The maximum atomic E-state index is 13.2. The number of nitriles is 1. The normalized spacial score (nSPS) is 16.7. The molecule has 1 saturated heterocycles. The highest BCUT2D eigenvalue weighted by molar-refractivity contribution is 5.79. The lowest BCUT2D eigenvalue weighted by atomic mass is 10.1. The first-order valence-electron chi connectivity index (χ1n) is 6.54. The van der Waals surface area contributed by atoms with Gasteiger partial charge in [-0.2, -0.15) is 18.4 Å². The van der Waals surface area contributed by atoms with Gasteiger partial charge >= 0.3 is 6.18 Å². The molecule has 0 N–H and O–H groups in total. The summed E-state index contributed by atoms with van der Waals surface area (Å²) in [7, 11) is 0. The summed E-state index contributed by atoms with van der Waals surface area (Å²) in [5, 5.41) is 8.97. The van der Waals surface area contributed by atoms with E-state index in [1.54, 1.807) is 4.90 Å². The molecule has 118 valence electrons. The molecular formula is C14H13F4N3O. The lowest BCUT2D eigenvalue weighted by Crippen LogP contribution is -2.52. The molecule has 0 aliphatic carbocycles. The molecule has 8 heteroatoms. The molecule has 0 saturated carbocycles. The molecule has 1 fully saturated rings. The van der Waals surface area contributed by atoms with Crippen LogP contribution in [-0.4, -0.2) is 48.1 Å². The van der Waals surface area contributed by atoms with E-state index >= 15 is 0 Å². The fourth-order valence-electron chi connectivity index (χ4n) is 2.32. The molecule has 0 radical (unpaired) electrons. The van der Waals surface area contributed by atoms with E-state index in [0.717, 1.165) is 11.0 Å². The standard InChI is InChI=1S/C14H13F4N3O/c15-12-2-1-10(6-19)11(5-12)7-20-3-4-21(13(22)8-20)9-14(16,17)18/h1-2,5H,3-4,7-9H2. The van der Waals surface area contributed by atoms with E-state index in [9.17, 15) is 22.4 Å². The Kier molecular flexibility index (Phi) is 4.66. The summed E-state index contributed by atoms with van der Waals surface area (Å²) in [6.45, 7) is -1.11. The third-order valence-electron chi connectivity index (χ3n) is 3.35. The van der Waals surface area contributed by atoms with E-state index in [0.29, 0.717) is 5.56 Å². The smallest absolute Gasteiger partial charge is 0.331 e. The number of benzene rings is 1. The number of carbonyl (C=O) groups is 1. The molecule has 0 aromatic heterocycles. The molecule has 1 aliphatic rings. The molecule has 22 heavy (non-hydrogen) atoms. The second-order valence-corrected chi connectivity index (χ2v) is 5.05. The van der Waals surface area contributed by atoms with E-state index in [2.05, 4.69) is 0 Å². The largest absolute Gasteiger partial charge is 0.406 e. The van der Waals surface area contributed by atoms with Gasteiger partial charge in [0.1, 0.15) is 12.4 Å². The zero-order valence-electron chi connectivity index (χ0n) is 11.5. The van der Waals surface area contributed by atoms with Gasteiger partial charge in [0.2, 0.25) is 5.91 Å². The zero-order chi connectivity index (χ0) is 16.3. The van der Waals surface area contributed by atoms with Crippen LogP contribution in [0.1, 0.15) is 11.1 Å². The van der Waals surface area contributed by atoms with Crippen LogP contribution in [0.4, 0.5) is 17.6 Å². The van der Waals surface area contributed by atoms with Crippen molar-refractivity contribution in [1.82, 2.24) is 9.80 Å². The molecule has 1 aliphatic heterocycles. The fourth-order valence-corrected chi connectivity index (χ4v) is 2.32. The fraction of sp³-hybridized carbons (Fsp3) is 0.429. The Morgan fingerprint density at radius 2 is 2.00 bits per heavy atom. The van der Waals surface area contributed by atoms with Crippen LogP contribution >= 0.6 is 0 Å². The Morgan fingerprint density at radius 3 is 2.59 bits per heavy atom. The minimum Gasteiger partial charge on any atom is -0.331 e. The second-order valence-electron chi connectivity index (χ2n) is 5.05. The lowest BCUT2D eigenvalue weighted by molar-refractivity contribution is -0.165. The summed E-state index contributed by atoms with van der Waals surface area (Å²) in [6, 6.07) is 5.63. The monoisotopic (exact) mass is 315 g/mol. The zero-order valence-corrected chi connectivity index (χ0v) is 11.5. The molecule has 0 bridgehead atoms. The van der Waals surface area contributed by atoms with Crippen molar-refractivity contribution in [2.45, 2.75) is 12.7 Å². The Bertz CT molecular complexity index is 609. The van der Waals surface area contributed by atoms with Gasteiger partial charge in [-0.1, -0.05) is 0 Å². The summed E-state index contributed by atoms with van der Waals surface area (Å²) in [6.07, 6.45) is -4.42. The summed E-state index contributed by atoms with van der Waals surface area (Å²) in [5.74, 6) is -1.13. The van der Waals surface area contributed by atoms with Crippen molar-refractivity contribution in [3.8, 4) is 6.07 Å². The molecule has 4 nitrogen and oxygen atoms in total. The molecule has 1 aromatic rings. The number of hydrogen-bond acceptors (Lipinski definition) is 3. The minimum atomic E-state index is -4.42. The Hall–Kier alpha value is -2.14. The van der Waals surface area contributed by atoms with E-state index in [1.165, 1.54) is 12.1 Å². The number of nitrogens with zero attached hydrogens (tertiary/aromatic N) is 3. The van der Waals surface area contributed by atoms with Crippen LogP contribution in [0.25, 0.3) is 0 Å². The van der Waals surface area contributed by atoms with Crippen molar-refractivity contribution in [1.29, 1.82) is 5.26 Å². The van der Waals surface area contributed by atoms with Gasteiger partial charge in [0, 0.05) is 19.6 Å². The van der Waals surface area contributed by atoms with Crippen LogP contribution in [-0.2, 0) is 11.3 Å². The van der Waals surface area contributed by atoms with Crippen molar-refractivity contribution in [3.63, 3.8) is 0 Å². The Balaban J connectivity index is 2.02. The lowest BCUT2D eigenvalue weighted by Gasteiger charge is -2.34. The third-order valence-corrected chi connectivity index (χ3v) is 3.35. The molecule has 1 aromatic carbocycles. The van der Waals surface area contributed by atoms with Gasteiger partial charge in [0.15, 0.2) is 0 Å². The Labute approximate surface area is 124 Å². The van der Waals surface area contributed by atoms with Gasteiger partial charge in [-0.15, -0.1) is 0 Å². The van der Waals surface area contributed by atoms with Crippen molar-refractivity contribution in [2.75, 3.05) is 26.2 Å². The van der Waals surface area contributed by atoms with Crippen LogP contribution in [0.5, 0.6) is 0 Å². The van der Waals surface area contributed by atoms with E-state index in [4.69, 9.17) is 5.26 Å². The van der Waals surface area contributed by atoms with Crippen molar-refractivity contribution < 1.29 is 22.4 Å². The number of halogens is 4. The highest BCUT2D eigenvalue weighted by Gasteiger charge is 2.35. The maximum Gasteiger partial charge on any atom is 0.406 e. The van der Waals surface area contributed by atoms with Crippen molar-refractivity contribution in [3.05, 3.63) is 35.1 Å². The van der Waals surface area contributed by atoms with Crippen LogP contribution < -0.4 is 0 Å². The predicted octanol–water partition coefficient (Wildman–Crippen LogP) is 1.90. The quantitative estimate of drug-likeness (QED) is 0.801. The van der Waals surface area contributed by atoms with Gasteiger partial charge in [-0.3, -0.25) is 9.69 Å². The third kappa shape index (κ3) is 4.18. The molecule has 0 spiro atoms. The van der Waals surface area contributed by atoms with Crippen LogP contribution in [0.15, 0.2) is 18.2 Å². The second kappa shape index (κ2) is 6.32. The van der Waals surface area contributed by atoms with Gasteiger partial charge < -0.3 is 4.90 Å². The maximum absolute atomic E-state index is 13.2. The number of rotatable bonds is 3. The van der Waals surface area contributed by atoms with Gasteiger partial charge in [0.05, 0.1) is 18.2 Å². The molecule has 0 unspecified atom stereocenters. The number of carbonyl (C=O) groups excluding carboxylic acids is 1. The summed E-state index contributed by atoms with van der Waals surface area (Å²) >= 11 is 0. The molecule has 1 heterocycles. The van der Waals surface area contributed by atoms with Crippen LogP contribution in [0, 0.1) is 17.1 Å². The molecule has 0 atom stereocenters. The topological polar surface area (TPSA) is 47.3 Å². The Morgan fingerprint density at radius 1 is 1.27 bits per heavy atom. The number of hydrogen-bond donors (Lipinski definition) is 0. The highest BCUT2D eigenvalue weighted by atomic mass is 19.4. The highest BCUT2D eigenvalue weighted by Crippen LogP contribution is 2.19. The van der Waals surface area contributed by atoms with Gasteiger partial charge in [-0.05, 0) is 23.8 Å². The number of piperazine rings is 1. The number of alkyl halides is 3. The van der Waals surface area contributed by atoms with Crippen molar-refractivity contribution >= 4 is 5.91 Å². The van der Waals surface area contributed by atoms with E-state index in [-0.39, 0.29) is 31.7 Å². The van der Waals surface area contributed by atoms with E-state index in [1.807, 2.05) is 6.07 Å². The first-order valence-corrected chi connectivity index (χ1v) is 6.54. The predicted molar refractivity (Wildman–Crippen MR) is 69.0 cm³/mol. The summed E-state index contributed by atoms with van der Waals surface area (Å²) in [4.78, 5) is 14.1. The summed E-state index contributed by atoms with van der Waals surface area (Å²) < 4.78 is 50.2.